The summed E-state index contributed by atoms with van der Waals surface area (Å²) >= 11 is 0. The molecular formula is C20H24N2O5S. The van der Waals surface area contributed by atoms with Crippen LogP contribution < -0.4 is 19.1 Å². The first kappa shape index (κ1) is 20.0. The lowest BCUT2D eigenvalue weighted by atomic mass is 10.1. The van der Waals surface area contributed by atoms with Crippen LogP contribution in [-0.2, 0) is 14.8 Å². The van der Waals surface area contributed by atoms with Crippen LogP contribution in [0.4, 0.5) is 5.69 Å². The average Bonchev–Trinajstić information content (AvgIpc) is 2.66. The molecular weight excluding hydrogens is 380 g/mol. The van der Waals surface area contributed by atoms with Crippen molar-refractivity contribution in [3.63, 3.8) is 0 Å². The van der Waals surface area contributed by atoms with Crippen LogP contribution >= 0.6 is 0 Å². The third-order valence-corrected chi connectivity index (χ3v) is 5.72. The van der Waals surface area contributed by atoms with Gasteiger partial charge in [-0.3, -0.25) is 9.10 Å². The molecule has 0 spiro atoms. The maximum absolute atomic E-state index is 12.5. The lowest BCUT2D eigenvalue weighted by Crippen LogP contribution is -2.51. The largest absolute Gasteiger partial charge is 0.492 e. The van der Waals surface area contributed by atoms with E-state index in [-0.39, 0.29) is 19.0 Å². The normalized spacial score (nSPS) is 16.1. The highest BCUT2D eigenvalue weighted by Gasteiger charge is 2.34. The predicted molar refractivity (Wildman–Crippen MR) is 107 cm³/mol. The van der Waals surface area contributed by atoms with Crippen molar-refractivity contribution >= 4 is 21.6 Å². The number of amides is 1. The van der Waals surface area contributed by atoms with Crippen LogP contribution in [0.5, 0.6) is 11.5 Å². The molecule has 150 valence electrons. The van der Waals surface area contributed by atoms with E-state index < -0.39 is 16.1 Å². The number of sulfonamides is 1. The molecule has 1 atom stereocenters. The Bertz CT molecular complexity index is 974. The molecule has 1 unspecified atom stereocenters. The number of anilines is 1. The SMILES string of the molecule is Cc1ccc(OCCNC(=O)C2CN(S(C)(=O)=O)c3ccccc3O2)cc1C. The van der Waals surface area contributed by atoms with Crippen LogP contribution in [0.25, 0.3) is 0 Å². The zero-order valence-corrected chi connectivity index (χ0v) is 17.0. The van der Waals surface area contributed by atoms with Crippen molar-refractivity contribution < 1.29 is 22.7 Å². The summed E-state index contributed by atoms with van der Waals surface area (Å²) in [7, 11) is -3.53. The van der Waals surface area contributed by atoms with Crippen molar-refractivity contribution in [3.05, 3.63) is 53.6 Å². The van der Waals surface area contributed by atoms with Gasteiger partial charge >= 0.3 is 0 Å². The van der Waals surface area contributed by atoms with Crippen molar-refractivity contribution in [2.24, 2.45) is 0 Å². The summed E-state index contributed by atoms with van der Waals surface area (Å²) < 4.78 is 36.8. The van der Waals surface area contributed by atoms with Crippen LogP contribution in [0.3, 0.4) is 0 Å². The van der Waals surface area contributed by atoms with Crippen molar-refractivity contribution in [2.45, 2.75) is 20.0 Å². The third kappa shape index (κ3) is 4.56. The highest BCUT2D eigenvalue weighted by atomic mass is 32.2. The first-order chi connectivity index (χ1) is 13.3. The summed E-state index contributed by atoms with van der Waals surface area (Å²) in [6.45, 7) is 4.55. The van der Waals surface area contributed by atoms with Gasteiger partial charge in [-0.15, -0.1) is 0 Å². The number of aryl methyl sites for hydroxylation is 2. The van der Waals surface area contributed by atoms with E-state index in [1.54, 1.807) is 24.3 Å². The number of nitrogens with zero attached hydrogens (tertiary/aromatic N) is 1. The Hall–Kier alpha value is -2.74. The molecule has 1 aliphatic heterocycles. The summed E-state index contributed by atoms with van der Waals surface area (Å²) in [5.41, 5.74) is 2.76. The van der Waals surface area contributed by atoms with E-state index in [2.05, 4.69) is 5.32 Å². The van der Waals surface area contributed by atoms with Gasteiger partial charge in [0.2, 0.25) is 10.0 Å². The molecule has 0 bridgehead atoms. The maximum Gasteiger partial charge on any atom is 0.263 e. The molecule has 2 aromatic rings. The van der Waals surface area contributed by atoms with E-state index in [1.807, 2.05) is 32.0 Å². The number of rotatable bonds is 6. The first-order valence-electron chi connectivity index (χ1n) is 8.97. The molecule has 28 heavy (non-hydrogen) atoms. The summed E-state index contributed by atoms with van der Waals surface area (Å²) in [6, 6.07) is 12.6. The predicted octanol–water partition coefficient (Wildman–Crippen LogP) is 2.03. The Morgan fingerprint density at radius 2 is 1.96 bits per heavy atom. The van der Waals surface area contributed by atoms with Crippen molar-refractivity contribution in [1.29, 1.82) is 0 Å². The summed E-state index contributed by atoms with van der Waals surface area (Å²) in [6.07, 6.45) is 0.188. The van der Waals surface area contributed by atoms with E-state index in [4.69, 9.17) is 9.47 Å². The van der Waals surface area contributed by atoms with Gasteiger partial charge in [-0.2, -0.15) is 0 Å². The molecule has 3 rings (SSSR count). The Labute approximate surface area is 165 Å². The topological polar surface area (TPSA) is 84.9 Å². The van der Waals surface area contributed by atoms with E-state index in [0.717, 1.165) is 17.6 Å². The molecule has 1 heterocycles. The lowest BCUT2D eigenvalue weighted by Gasteiger charge is -2.33. The Kier molecular flexibility index (Phi) is 5.79. The minimum atomic E-state index is -3.53. The molecule has 0 aliphatic carbocycles. The molecule has 0 aromatic heterocycles. The van der Waals surface area contributed by atoms with Gasteiger partial charge in [0.1, 0.15) is 18.1 Å². The van der Waals surface area contributed by atoms with Gasteiger partial charge < -0.3 is 14.8 Å². The van der Waals surface area contributed by atoms with E-state index in [1.165, 1.54) is 9.87 Å². The number of hydrogen-bond acceptors (Lipinski definition) is 5. The number of nitrogens with one attached hydrogen (secondary N) is 1. The second kappa shape index (κ2) is 8.10. The van der Waals surface area contributed by atoms with Crippen LogP contribution in [0.15, 0.2) is 42.5 Å². The second-order valence-electron chi connectivity index (χ2n) is 6.75. The Balaban J connectivity index is 1.58. The number of ether oxygens (including phenoxy) is 2. The monoisotopic (exact) mass is 404 g/mol. The fourth-order valence-corrected chi connectivity index (χ4v) is 3.83. The molecule has 2 aromatic carbocycles. The third-order valence-electron chi connectivity index (χ3n) is 4.58. The van der Waals surface area contributed by atoms with Crippen molar-refractivity contribution in [2.75, 3.05) is 30.3 Å². The number of carbonyl (C=O) groups is 1. The van der Waals surface area contributed by atoms with E-state index in [9.17, 15) is 13.2 Å². The zero-order chi connectivity index (χ0) is 20.3. The molecule has 0 fully saturated rings. The molecule has 8 heteroatoms. The van der Waals surface area contributed by atoms with Gasteiger partial charge in [0.25, 0.3) is 5.91 Å². The van der Waals surface area contributed by atoms with E-state index >= 15 is 0 Å². The zero-order valence-electron chi connectivity index (χ0n) is 16.1. The van der Waals surface area contributed by atoms with Crippen LogP contribution in [0.2, 0.25) is 0 Å². The smallest absolute Gasteiger partial charge is 0.263 e. The molecule has 1 N–H and O–H groups in total. The molecule has 0 radical (unpaired) electrons. The van der Waals surface area contributed by atoms with Gasteiger partial charge in [0, 0.05) is 0 Å². The number of para-hydroxylation sites is 2. The van der Waals surface area contributed by atoms with Crippen molar-refractivity contribution in [1.82, 2.24) is 5.32 Å². The van der Waals surface area contributed by atoms with Crippen molar-refractivity contribution in [3.8, 4) is 11.5 Å². The standard InChI is InChI=1S/C20H24N2O5S/c1-14-8-9-16(12-15(14)2)26-11-10-21-20(23)19-13-22(28(3,24)25)17-6-4-5-7-18(17)27-19/h4-9,12,19H,10-11,13H2,1-3H3,(H,21,23). The van der Waals surface area contributed by atoms with Gasteiger partial charge in [0.05, 0.1) is 25.0 Å². The molecule has 7 nitrogen and oxygen atoms in total. The Morgan fingerprint density at radius 1 is 1.21 bits per heavy atom. The maximum atomic E-state index is 12.5. The van der Waals surface area contributed by atoms with Gasteiger partial charge in [-0.05, 0) is 49.2 Å². The van der Waals surface area contributed by atoms with Crippen LogP contribution in [0, 0.1) is 13.8 Å². The van der Waals surface area contributed by atoms with Crippen LogP contribution in [-0.4, -0.2) is 46.4 Å². The Morgan fingerprint density at radius 3 is 2.68 bits per heavy atom. The minimum absolute atomic E-state index is 0.0697. The van der Waals surface area contributed by atoms with E-state index in [0.29, 0.717) is 18.0 Å². The molecule has 0 saturated heterocycles. The highest BCUT2D eigenvalue weighted by Crippen LogP contribution is 2.34. The number of benzene rings is 2. The number of hydrogen-bond donors (Lipinski definition) is 1. The van der Waals surface area contributed by atoms with Gasteiger partial charge in [0.15, 0.2) is 6.10 Å². The van der Waals surface area contributed by atoms with Crippen LogP contribution in [0.1, 0.15) is 11.1 Å². The quantitative estimate of drug-likeness (QED) is 0.745. The fraction of sp³-hybridized carbons (Fsp3) is 0.350. The fourth-order valence-electron chi connectivity index (χ4n) is 2.91. The summed E-state index contributed by atoms with van der Waals surface area (Å²) in [5, 5.41) is 2.74. The minimum Gasteiger partial charge on any atom is -0.492 e. The van der Waals surface area contributed by atoms with Gasteiger partial charge in [-0.1, -0.05) is 18.2 Å². The number of fused-ring (bicyclic) bond motifs is 1. The van der Waals surface area contributed by atoms with Gasteiger partial charge in [-0.25, -0.2) is 8.42 Å². The summed E-state index contributed by atoms with van der Waals surface area (Å²) in [4.78, 5) is 12.5. The average molecular weight is 404 g/mol. The lowest BCUT2D eigenvalue weighted by molar-refractivity contribution is -0.127. The first-order valence-corrected chi connectivity index (χ1v) is 10.8. The molecule has 1 aliphatic rings. The molecule has 0 saturated carbocycles. The highest BCUT2D eigenvalue weighted by molar-refractivity contribution is 7.92. The summed E-state index contributed by atoms with van der Waals surface area (Å²) in [5.74, 6) is 0.723. The molecule has 1 amide bonds. The number of carbonyl (C=O) groups excluding carboxylic acids is 1. The second-order valence-corrected chi connectivity index (χ2v) is 8.66.